The maximum Gasteiger partial charge on any atom is 0.129 e. The topological polar surface area (TPSA) is 120 Å². The minimum absolute atomic E-state index is 0.0190. The molecule has 0 amide bonds. The van der Waals surface area contributed by atoms with Crippen molar-refractivity contribution >= 4 is 0 Å². The fraction of sp³-hybridized carbons (Fsp3) is 0.625. The molecule has 0 saturated heterocycles. The molecule has 0 radical (unpaired) electrons. The minimum atomic E-state index is -1.02. The number of aliphatic hydroxyl groups excluding tert-OH is 1. The van der Waals surface area contributed by atoms with E-state index in [1.165, 1.54) is 4.68 Å². The highest BCUT2D eigenvalue weighted by Crippen LogP contribution is 2.35. The van der Waals surface area contributed by atoms with Crippen molar-refractivity contribution in [2.24, 2.45) is 5.73 Å². The molecule has 3 unspecified atom stereocenters. The normalized spacial score (nSPS) is 25.7. The lowest BCUT2D eigenvalue weighted by Crippen LogP contribution is -2.39. The van der Waals surface area contributed by atoms with E-state index in [0.29, 0.717) is 30.9 Å². The van der Waals surface area contributed by atoms with Crippen LogP contribution in [0.15, 0.2) is 29.0 Å². The molecule has 0 spiro atoms. The van der Waals surface area contributed by atoms with Crippen molar-refractivity contribution in [3.05, 3.63) is 36.0 Å². The van der Waals surface area contributed by atoms with Gasteiger partial charge in [0.05, 0.1) is 31.7 Å². The van der Waals surface area contributed by atoms with Crippen LogP contribution in [0.1, 0.15) is 37.1 Å². The molecule has 0 aromatic carbocycles. The molecular weight excluding hydrogens is 312 g/mol. The number of aliphatic hydroxyl groups is 2. The Hall–Kier alpha value is -1.74. The van der Waals surface area contributed by atoms with E-state index in [-0.39, 0.29) is 19.2 Å². The van der Waals surface area contributed by atoms with E-state index in [4.69, 9.17) is 14.9 Å². The van der Waals surface area contributed by atoms with Gasteiger partial charge in [-0.2, -0.15) is 0 Å². The van der Waals surface area contributed by atoms with E-state index < -0.39 is 11.7 Å². The van der Waals surface area contributed by atoms with E-state index in [1.54, 1.807) is 18.5 Å². The lowest BCUT2D eigenvalue weighted by Gasteiger charge is -2.33. The lowest BCUT2D eigenvalue weighted by atomic mass is 9.80. The van der Waals surface area contributed by atoms with E-state index in [0.717, 1.165) is 12.8 Å². The Morgan fingerprint density at radius 3 is 3.17 bits per heavy atom. The summed E-state index contributed by atoms with van der Waals surface area (Å²) >= 11 is 0. The predicted molar refractivity (Wildman–Crippen MR) is 84.7 cm³/mol. The number of nitrogens with zero attached hydrogens (tertiary/aromatic N) is 3. The molecule has 3 atom stereocenters. The maximum absolute atomic E-state index is 10.7. The molecule has 0 aliphatic heterocycles. The summed E-state index contributed by atoms with van der Waals surface area (Å²) in [6.07, 6.45) is 5.43. The zero-order valence-electron chi connectivity index (χ0n) is 13.5. The number of ether oxygens (including phenoxy) is 1. The Morgan fingerprint density at radius 2 is 2.42 bits per heavy atom. The first-order valence-electron chi connectivity index (χ1n) is 8.22. The molecule has 132 valence electrons. The summed E-state index contributed by atoms with van der Waals surface area (Å²) in [6, 6.07) is 3.58. The second kappa shape index (κ2) is 7.43. The van der Waals surface area contributed by atoms with Crippen molar-refractivity contribution in [1.29, 1.82) is 0 Å². The maximum atomic E-state index is 10.7. The van der Waals surface area contributed by atoms with Crippen LogP contribution in [0.25, 0.3) is 0 Å². The second-order valence-electron chi connectivity index (χ2n) is 6.46. The van der Waals surface area contributed by atoms with Gasteiger partial charge in [-0.15, -0.1) is 5.10 Å². The molecular formula is C16H24N4O4. The molecule has 4 N–H and O–H groups in total. The third-order valence-electron chi connectivity index (χ3n) is 4.31. The fourth-order valence-corrected chi connectivity index (χ4v) is 3.09. The largest absolute Gasteiger partial charge is 0.467 e. The van der Waals surface area contributed by atoms with Crippen LogP contribution in [-0.4, -0.2) is 44.0 Å². The van der Waals surface area contributed by atoms with E-state index >= 15 is 0 Å². The number of hydrogen-bond donors (Lipinski definition) is 3. The van der Waals surface area contributed by atoms with Gasteiger partial charge in [0.1, 0.15) is 23.7 Å². The van der Waals surface area contributed by atoms with Gasteiger partial charge >= 0.3 is 0 Å². The van der Waals surface area contributed by atoms with E-state index in [9.17, 15) is 10.2 Å². The molecule has 2 aromatic rings. The predicted octanol–water partition coefficient (Wildman–Crippen LogP) is 0.538. The van der Waals surface area contributed by atoms with Crippen LogP contribution in [-0.2, 0) is 23.5 Å². The van der Waals surface area contributed by atoms with E-state index in [2.05, 4.69) is 10.3 Å². The Morgan fingerprint density at radius 1 is 1.54 bits per heavy atom. The van der Waals surface area contributed by atoms with Crippen molar-refractivity contribution in [3.8, 4) is 0 Å². The molecule has 1 fully saturated rings. The van der Waals surface area contributed by atoms with Gasteiger partial charge in [0.15, 0.2) is 0 Å². The first-order chi connectivity index (χ1) is 11.5. The molecule has 2 aromatic heterocycles. The molecule has 8 heteroatoms. The first-order valence-corrected chi connectivity index (χ1v) is 8.22. The number of rotatable bonds is 7. The molecule has 0 bridgehead atoms. The Labute approximate surface area is 140 Å². The Bertz CT molecular complexity index is 630. The van der Waals surface area contributed by atoms with E-state index in [1.807, 2.05) is 6.07 Å². The highest BCUT2D eigenvalue weighted by Gasteiger charge is 2.37. The lowest BCUT2D eigenvalue weighted by molar-refractivity contribution is -0.0113. The smallest absolute Gasteiger partial charge is 0.129 e. The summed E-state index contributed by atoms with van der Waals surface area (Å²) in [6.45, 7) is 0.711. The number of furan rings is 1. The molecule has 2 heterocycles. The molecule has 1 aliphatic carbocycles. The second-order valence-corrected chi connectivity index (χ2v) is 6.46. The Kier molecular flexibility index (Phi) is 5.30. The Balaban J connectivity index is 1.50. The summed E-state index contributed by atoms with van der Waals surface area (Å²) < 4.78 is 12.1. The monoisotopic (exact) mass is 336 g/mol. The fourth-order valence-electron chi connectivity index (χ4n) is 3.09. The number of nitrogens with two attached hydrogens (primary N) is 1. The SMILES string of the molecule is NC1CCCC(O)(c2cn(CC(O)COCc3ccco3)nn2)C1. The van der Waals surface area contributed by atoms with Gasteiger partial charge in [-0.05, 0) is 37.8 Å². The molecule has 3 rings (SSSR count). The average Bonchev–Trinajstić information content (AvgIpc) is 3.19. The zero-order chi connectivity index (χ0) is 17.0. The number of aromatic nitrogens is 3. The standard InChI is InChI=1S/C16H24N4O4/c17-12-3-1-5-16(22,7-12)15-9-20(19-18-15)8-13(21)10-23-11-14-4-2-6-24-14/h2,4,6,9,12-13,21-22H,1,3,5,7-8,10-11,17H2. The third-order valence-corrected chi connectivity index (χ3v) is 4.31. The van der Waals surface area contributed by atoms with Crippen LogP contribution in [0.2, 0.25) is 0 Å². The van der Waals surface area contributed by atoms with Crippen LogP contribution >= 0.6 is 0 Å². The van der Waals surface area contributed by atoms with Gasteiger partial charge < -0.3 is 25.1 Å². The van der Waals surface area contributed by atoms with Crippen molar-refractivity contribution in [2.75, 3.05) is 6.61 Å². The summed E-state index contributed by atoms with van der Waals surface area (Å²) in [4.78, 5) is 0. The van der Waals surface area contributed by atoms with Crippen molar-refractivity contribution in [2.45, 2.75) is 56.6 Å². The van der Waals surface area contributed by atoms with Crippen molar-refractivity contribution in [1.82, 2.24) is 15.0 Å². The van der Waals surface area contributed by atoms with Gasteiger partial charge in [0.2, 0.25) is 0 Å². The molecule has 1 aliphatic rings. The van der Waals surface area contributed by atoms with Crippen LogP contribution in [0.4, 0.5) is 0 Å². The van der Waals surface area contributed by atoms with Gasteiger partial charge in [0, 0.05) is 6.04 Å². The van der Waals surface area contributed by atoms with Crippen molar-refractivity contribution in [3.63, 3.8) is 0 Å². The quantitative estimate of drug-likeness (QED) is 0.675. The van der Waals surface area contributed by atoms with Gasteiger partial charge in [0.25, 0.3) is 0 Å². The summed E-state index contributed by atoms with van der Waals surface area (Å²) in [7, 11) is 0. The van der Waals surface area contributed by atoms with Gasteiger partial charge in [-0.1, -0.05) is 5.21 Å². The molecule has 8 nitrogen and oxygen atoms in total. The van der Waals surface area contributed by atoms with Gasteiger partial charge in [-0.3, -0.25) is 0 Å². The van der Waals surface area contributed by atoms with Crippen LogP contribution in [0, 0.1) is 0 Å². The van der Waals surface area contributed by atoms with Gasteiger partial charge in [-0.25, -0.2) is 4.68 Å². The van der Waals surface area contributed by atoms with Crippen LogP contribution in [0.3, 0.4) is 0 Å². The summed E-state index contributed by atoms with van der Waals surface area (Å²) in [5, 5.41) is 28.8. The summed E-state index contributed by atoms with van der Waals surface area (Å²) in [5.74, 6) is 0.709. The number of hydrogen-bond acceptors (Lipinski definition) is 7. The molecule has 1 saturated carbocycles. The average molecular weight is 336 g/mol. The highest BCUT2D eigenvalue weighted by molar-refractivity contribution is 5.09. The third kappa shape index (κ3) is 4.21. The first kappa shape index (κ1) is 17.1. The minimum Gasteiger partial charge on any atom is -0.467 e. The summed E-state index contributed by atoms with van der Waals surface area (Å²) in [5.41, 5.74) is 5.45. The zero-order valence-corrected chi connectivity index (χ0v) is 13.5. The van der Waals surface area contributed by atoms with Crippen molar-refractivity contribution < 1.29 is 19.4 Å². The highest BCUT2D eigenvalue weighted by atomic mass is 16.5. The van der Waals surface area contributed by atoms with Crippen LogP contribution < -0.4 is 5.73 Å². The van der Waals surface area contributed by atoms with Crippen LogP contribution in [0.5, 0.6) is 0 Å². The molecule has 24 heavy (non-hydrogen) atoms.